The molecular formula is C30H29N3O3. The van der Waals surface area contributed by atoms with Crippen molar-refractivity contribution in [1.82, 2.24) is 9.88 Å². The van der Waals surface area contributed by atoms with Gasteiger partial charge < -0.3 is 14.5 Å². The van der Waals surface area contributed by atoms with Gasteiger partial charge in [0.15, 0.2) is 5.60 Å². The van der Waals surface area contributed by atoms with Gasteiger partial charge >= 0.3 is 5.97 Å². The van der Waals surface area contributed by atoms with Crippen molar-refractivity contribution in [1.29, 1.82) is 0 Å². The van der Waals surface area contributed by atoms with Crippen LogP contribution in [0.5, 0.6) is 0 Å². The molecule has 4 heterocycles. The summed E-state index contributed by atoms with van der Waals surface area (Å²) >= 11 is 0. The van der Waals surface area contributed by atoms with Crippen LogP contribution < -0.4 is 4.90 Å². The van der Waals surface area contributed by atoms with Gasteiger partial charge in [0.1, 0.15) is 5.82 Å². The Morgan fingerprint density at radius 1 is 0.861 bits per heavy atom. The number of fused-ring (bicyclic) bond motifs is 2. The maximum Gasteiger partial charge on any atom is 0.339 e. The van der Waals surface area contributed by atoms with Gasteiger partial charge in [-0.2, -0.15) is 0 Å². The first-order chi connectivity index (χ1) is 17.6. The minimum absolute atomic E-state index is 0.157. The summed E-state index contributed by atoms with van der Waals surface area (Å²) in [6.45, 7) is 3.22. The Kier molecular flexibility index (Phi) is 4.75. The lowest BCUT2D eigenvalue weighted by Gasteiger charge is -2.27. The topological polar surface area (TPSA) is 62.7 Å². The van der Waals surface area contributed by atoms with Crippen LogP contribution in [0.2, 0.25) is 0 Å². The van der Waals surface area contributed by atoms with E-state index >= 15 is 0 Å². The summed E-state index contributed by atoms with van der Waals surface area (Å²) in [6.07, 6.45) is 6.79. The predicted octanol–water partition coefficient (Wildman–Crippen LogP) is 4.68. The van der Waals surface area contributed by atoms with E-state index in [0.29, 0.717) is 25.1 Å². The minimum atomic E-state index is -0.697. The molecule has 4 aliphatic rings. The molecule has 0 bridgehead atoms. The first kappa shape index (κ1) is 21.6. The number of carbonyl (C=O) groups is 2. The molecule has 7 rings (SSSR count). The minimum Gasteiger partial charge on any atom is -0.449 e. The highest BCUT2D eigenvalue weighted by atomic mass is 16.6. The van der Waals surface area contributed by atoms with Crippen LogP contribution in [0.25, 0.3) is 11.1 Å². The van der Waals surface area contributed by atoms with Crippen molar-refractivity contribution < 1.29 is 14.3 Å². The molecule has 1 spiro atoms. The van der Waals surface area contributed by atoms with E-state index < -0.39 is 11.0 Å². The first-order valence-electron chi connectivity index (χ1n) is 13.0. The smallest absolute Gasteiger partial charge is 0.339 e. The van der Waals surface area contributed by atoms with Crippen LogP contribution in [0.4, 0.5) is 5.82 Å². The number of esters is 1. The predicted molar refractivity (Wildman–Crippen MR) is 137 cm³/mol. The van der Waals surface area contributed by atoms with Gasteiger partial charge in [-0.25, -0.2) is 9.78 Å². The van der Waals surface area contributed by atoms with Crippen molar-refractivity contribution in [3.8, 4) is 11.1 Å². The van der Waals surface area contributed by atoms with Crippen molar-refractivity contribution in [3.63, 3.8) is 0 Å². The number of aromatic nitrogens is 1. The average molecular weight is 480 g/mol. The number of anilines is 1. The standard InChI is InChI=1S/C30H29N3O3/c34-27-24-5-1-2-6-25(24)30(36-27)15-18-33(20-30)28(35)29(13-14-29)23-10-7-21(8-11-23)22-9-12-26(31-19-22)32-16-3-4-17-32/h1-2,5-12,19H,3-4,13-18,20H2/t30-/m0/s1. The highest BCUT2D eigenvalue weighted by Crippen LogP contribution is 2.52. The molecule has 0 N–H and O–H groups in total. The number of rotatable bonds is 4. The van der Waals surface area contributed by atoms with E-state index in [9.17, 15) is 9.59 Å². The molecule has 2 aromatic carbocycles. The van der Waals surface area contributed by atoms with Gasteiger partial charge in [0.05, 0.1) is 17.5 Å². The molecule has 2 saturated heterocycles. The van der Waals surface area contributed by atoms with Crippen LogP contribution in [0, 0.1) is 0 Å². The van der Waals surface area contributed by atoms with Crippen LogP contribution in [-0.2, 0) is 20.5 Å². The second-order valence-electron chi connectivity index (χ2n) is 10.7. The number of hydrogen-bond acceptors (Lipinski definition) is 5. The van der Waals surface area contributed by atoms with E-state index in [2.05, 4.69) is 46.3 Å². The number of benzene rings is 2. The fourth-order valence-corrected chi connectivity index (χ4v) is 6.33. The molecule has 182 valence electrons. The summed E-state index contributed by atoms with van der Waals surface area (Å²) in [5.74, 6) is 0.929. The van der Waals surface area contributed by atoms with Gasteiger partial charge in [-0.1, -0.05) is 42.5 Å². The molecule has 3 fully saturated rings. The normalized spacial score (nSPS) is 23.7. The molecule has 0 unspecified atom stereocenters. The molecule has 1 aromatic heterocycles. The summed E-state index contributed by atoms with van der Waals surface area (Å²) in [4.78, 5) is 35.1. The monoisotopic (exact) mass is 479 g/mol. The molecule has 1 saturated carbocycles. The Morgan fingerprint density at radius 3 is 2.33 bits per heavy atom. The number of amides is 1. The number of nitrogens with zero attached hydrogens (tertiary/aromatic N) is 3. The van der Waals surface area contributed by atoms with Gasteiger partial charge in [0.2, 0.25) is 5.91 Å². The van der Waals surface area contributed by atoms with Gasteiger partial charge in [-0.15, -0.1) is 0 Å². The molecule has 1 amide bonds. The molecule has 6 heteroatoms. The SMILES string of the molecule is O=C1O[C@]2(CCN(C(=O)C3(c4ccc(-c5ccc(N6CCCC6)nc5)cc4)CC3)C2)c2ccccc21. The Bertz CT molecular complexity index is 1340. The Morgan fingerprint density at radius 2 is 1.61 bits per heavy atom. The number of hydrogen-bond donors (Lipinski definition) is 0. The average Bonchev–Trinajstić information content (AvgIpc) is 3.25. The summed E-state index contributed by atoms with van der Waals surface area (Å²) in [5, 5.41) is 0. The lowest BCUT2D eigenvalue weighted by Crippen LogP contribution is -2.40. The zero-order chi connectivity index (χ0) is 24.3. The van der Waals surface area contributed by atoms with Crippen molar-refractivity contribution in [2.45, 2.75) is 43.1 Å². The van der Waals surface area contributed by atoms with Gasteiger partial charge in [-0.3, -0.25) is 4.79 Å². The summed E-state index contributed by atoms with van der Waals surface area (Å²) in [5.41, 5.74) is 3.67. The van der Waals surface area contributed by atoms with Crippen LogP contribution in [0.1, 0.15) is 53.6 Å². The second-order valence-corrected chi connectivity index (χ2v) is 10.7. The Hall–Kier alpha value is -3.67. The number of carbonyl (C=O) groups excluding carboxylic acids is 2. The third-order valence-electron chi connectivity index (χ3n) is 8.55. The van der Waals surface area contributed by atoms with Gasteiger partial charge in [0.25, 0.3) is 0 Å². The number of pyridine rings is 1. The van der Waals surface area contributed by atoms with Crippen LogP contribution in [0.3, 0.4) is 0 Å². The van der Waals surface area contributed by atoms with E-state index in [4.69, 9.17) is 4.74 Å². The van der Waals surface area contributed by atoms with E-state index in [1.54, 1.807) is 0 Å². The van der Waals surface area contributed by atoms with E-state index in [1.807, 2.05) is 35.4 Å². The zero-order valence-corrected chi connectivity index (χ0v) is 20.3. The number of ether oxygens (including phenoxy) is 1. The Labute approximate surface area is 210 Å². The maximum absolute atomic E-state index is 13.8. The molecule has 0 radical (unpaired) electrons. The second kappa shape index (κ2) is 7.92. The molecule has 1 atom stereocenters. The fourth-order valence-electron chi connectivity index (χ4n) is 6.33. The lowest BCUT2D eigenvalue weighted by molar-refractivity contribution is -0.134. The van der Waals surface area contributed by atoms with Gasteiger partial charge in [0, 0.05) is 43.4 Å². The fraction of sp³-hybridized carbons (Fsp3) is 0.367. The zero-order valence-electron chi connectivity index (χ0n) is 20.3. The number of likely N-dealkylation sites (tertiary alicyclic amines) is 1. The lowest BCUT2D eigenvalue weighted by atomic mass is 9.91. The molecule has 36 heavy (non-hydrogen) atoms. The van der Waals surface area contributed by atoms with E-state index in [-0.39, 0.29) is 11.9 Å². The van der Waals surface area contributed by atoms with Gasteiger partial charge in [-0.05, 0) is 55.0 Å². The summed E-state index contributed by atoms with van der Waals surface area (Å²) in [6, 6.07) is 20.2. The van der Waals surface area contributed by atoms with Crippen molar-refractivity contribution in [2.75, 3.05) is 31.1 Å². The van der Waals surface area contributed by atoms with Crippen LogP contribution >= 0.6 is 0 Å². The third-order valence-corrected chi connectivity index (χ3v) is 8.55. The van der Waals surface area contributed by atoms with Crippen molar-refractivity contribution in [2.24, 2.45) is 0 Å². The quantitative estimate of drug-likeness (QED) is 0.509. The maximum atomic E-state index is 13.8. The molecule has 1 aliphatic carbocycles. The molecule has 3 aromatic rings. The highest BCUT2D eigenvalue weighted by Gasteiger charge is 2.57. The molecule has 6 nitrogen and oxygen atoms in total. The van der Waals surface area contributed by atoms with Crippen LogP contribution in [0.15, 0.2) is 66.9 Å². The first-order valence-corrected chi connectivity index (χ1v) is 13.0. The van der Waals surface area contributed by atoms with Crippen molar-refractivity contribution >= 4 is 17.7 Å². The summed E-state index contributed by atoms with van der Waals surface area (Å²) in [7, 11) is 0. The summed E-state index contributed by atoms with van der Waals surface area (Å²) < 4.78 is 5.86. The molecule has 3 aliphatic heterocycles. The van der Waals surface area contributed by atoms with Crippen molar-refractivity contribution in [3.05, 3.63) is 83.6 Å². The largest absolute Gasteiger partial charge is 0.449 e. The van der Waals surface area contributed by atoms with E-state index in [1.165, 1.54) is 12.8 Å². The van der Waals surface area contributed by atoms with Crippen LogP contribution in [-0.4, -0.2) is 47.9 Å². The highest BCUT2D eigenvalue weighted by molar-refractivity contribution is 5.96. The van der Waals surface area contributed by atoms with E-state index in [0.717, 1.165) is 54.0 Å². The Balaban J connectivity index is 1.08. The third kappa shape index (κ3) is 3.27. The molecular weight excluding hydrogens is 450 g/mol.